The van der Waals surface area contributed by atoms with Crippen LogP contribution in [0.25, 0.3) is 0 Å². The Hall–Kier alpha value is -1.91. The highest BCUT2D eigenvalue weighted by Crippen LogP contribution is 2.33. The van der Waals surface area contributed by atoms with E-state index in [0.717, 1.165) is 43.2 Å². The summed E-state index contributed by atoms with van der Waals surface area (Å²) in [6, 6.07) is 4.13. The molecule has 23 heavy (non-hydrogen) atoms. The molecular formula is C18H28N4O. The number of rotatable bonds is 4. The molecule has 1 amide bonds. The number of carbonyl (C=O) groups excluding carboxylic acids is 1. The van der Waals surface area contributed by atoms with Crippen molar-refractivity contribution < 1.29 is 4.79 Å². The fraction of sp³-hybridized carbons (Fsp3) is 0.611. The quantitative estimate of drug-likeness (QED) is 0.747. The minimum absolute atomic E-state index is 0.0146. The van der Waals surface area contributed by atoms with E-state index >= 15 is 0 Å². The molecule has 2 fully saturated rings. The minimum Gasteiger partial charge on any atom is -0.397 e. The molecule has 1 saturated carbocycles. The first-order valence-electron chi connectivity index (χ1n) is 8.75. The number of nitrogen functional groups attached to an aromatic ring is 1. The number of carbonyl (C=O) groups is 1. The molecule has 2 aliphatic rings. The fourth-order valence-corrected chi connectivity index (χ4v) is 3.49. The van der Waals surface area contributed by atoms with Crippen molar-refractivity contribution in [3.8, 4) is 0 Å². The molecule has 5 nitrogen and oxygen atoms in total. The molecular weight excluding hydrogens is 288 g/mol. The van der Waals surface area contributed by atoms with Crippen molar-refractivity contribution >= 4 is 23.0 Å². The second kappa shape index (κ2) is 6.69. The highest BCUT2D eigenvalue weighted by molar-refractivity contribution is 6.02. The number of anilines is 3. The first-order chi connectivity index (χ1) is 11.1. The van der Waals surface area contributed by atoms with Crippen molar-refractivity contribution in [3.05, 3.63) is 17.7 Å². The summed E-state index contributed by atoms with van der Waals surface area (Å²) in [6.07, 6.45) is 5.74. The molecule has 4 N–H and O–H groups in total. The van der Waals surface area contributed by atoms with Gasteiger partial charge >= 0.3 is 0 Å². The number of hydrogen-bond donors (Lipinski definition) is 3. The normalized spacial score (nSPS) is 24.0. The van der Waals surface area contributed by atoms with E-state index in [0.29, 0.717) is 17.3 Å². The van der Waals surface area contributed by atoms with Gasteiger partial charge in [0.25, 0.3) is 5.91 Å². The maximum Gasteiger partial charge on any atom is 0.253 e. The van der Waals surface area contributed by atoms with Crippen LogP contribution < -0.4 is 21.3 Å². The van der Waals surface area contributed by atoms with Crippen LogP contribution >= 0.6 is 0 Å². The molecule has 1 aliphatic carbocycles. The van der Waals surface area contributed by atoms with Gasteiger partial charge in [-0.2, -0.15) is 0 Å². The number of nitrogens with one attached hydrogen (secondary N) is 2. The van der Waals surface area contributed by atoms with Crippen molar-refractivity contribution in [2.45, 2.75) is 45.1 Å². The molecule has 0 bridgehead atoms. The lowest BCUT2D eigenvalue weighted by Crippen LogP contribution is -2.41. The summed E-state index contributed by atoms with van der Waals surface area (Å²) in [5, 5.41) is 6.33. The lowest BCUT2D eigenvalue weighted by atomic mass is 9.87. The van der Waals surface area contributed by atoms with Gasteiger partial charge in [0.2, 0.25) is 0 Å². The van der Waals surface area contributed by atoms with Gasteiger partial charge in [0.15, 0.2) is 0 Å². The first kappa shape index (κ1) is 16.0. The predicted octanol–water partition coefficient (Wildman–Crippen LogP) is 2.83. The van der Waals surface area contributed by atoms with Gasteiger partial charge in [0.05, 0.1) is 22.6 Å². The van der Waals surface area contributed by atoms with Crippen LogP contribution in [0.4, 0.5) is 17.1 Å². The number of hydrogen-bond acceptors (Lipinski definition) is 4. The molecule has 3 rings (SSSR count). The molecule has 1 aromatic carbocycles. The lowest BCUT2D eigenvalue weighted by molar-refractivity contribution is 0.0923. The van der Waals surface area contributed by atoms with E-state index in [-0.39, 0.29) is 5.91 Å². The summed E-state index contributed by atoms with van der Waals surface area (Å²) < 4.78 is 0. The Morgan fingerprint density at radius 1 is 1.22 bits per heavy atom. The van der Waals surface area contributed by atoms with Crippen LogP contribution in [0.15, 0.2) is 12.1 Å². The number of benzene rings is 1. The van der Waals surface area contributed by atoms with Gasteiger partial charge in [0, 0.05) is 26.2 Å². The van der Waals surface area contributed by atoms with E-state index in [4.69, 9.17) is 5.73 Å². The predicted molar refractivity (Wildman–Crippen MR) is 96.1 cm³/mol. The minimum atomic E-state index is 0.0146. The van der Waals surface area contributed by atoms with E-state index in [2.05, 4.69) is 22.5 Å². The molecule has 0 spiro atoms. The van der Waals surface area contributed by atoms with Gasteiger partial charge in [-0.15, -0.1) is 0 Å². The van der Waals surface area contributed by atoms with Crippen LogP contribution in [-0.2, 0) is 0 Å². The zero-order valence-corrected chi connectivity index (χ0v) is 14.2. The Morgan fingerprint density at radius 3 is 2.48 bits per heavy atom. The third kappa shape index (κ3) is 3.38. The number of nitrogens with zero attached hydrogens (tertiary/aromatic N) is 1. The smallest absolute Gasteiger partial charge is 0.253 e. The van der Waals surface area contributed by atoms with Crippen LogP contribution in [-0.4, -0.2) is 32.1 Å². The molecule has 0 aromatic heterocycles. The Labute approximate surface area is 138 Å². The second-order valence-electron chi connectivity index (χ2n) is 6.98. The third-order valence-corrected chi connectivity index (χ3v) is 5.23. The first-order valence-corrected chi connectivity index (χ1v) is 8.75. The molecule has 1 aliphatic heterocycles. The molecule has 0 unspecified atom stereocenters. The van der Waals surface area contributed by atoms with Crippen molar-refractivity contribution in [1.29, 1.82) is 0 Å². The Morgan fingerprint density at radius 2 is 1.91 bits per heavy atom. The second-order valence-corrected chi connectivity index (χ2v) is 6.98. The van der Waals surface area contributed by atoms with Crippen molar-refractivity contribution in [2.75, 3.05) is 36.1 Å². The Balaban J connectivity index is 1.79. The molecule has 1 heterocycles. The highest BCUT2D eigenvalue weighted by Gasteiger charge is 2.25. The zero-order chi connectivity index (χ0) is 16.4. The summed E-state index contributed by atoms with van der Waals surface area (Å²) in [5.74, 6) is 0.797. The van der Waals surface area contributed by atoms with Crippen LogP contribution in [0.5, 0.6) is 0 Å². The maximum atomic E-state index is 12.8. The Bertz CT molecular complexity index is 575. The SMILES string of the molecule is CNc1cc(N2CCC2)c(C(=O)N[C@H]2CC[C@H](C)CC2)cc1N. The van der Waals surface area contributed by atoms with Crippen LogP contribution in [0.1, 0.15) is 49.4 Å². The average Bonchev–Trinajstić information content (AvgIpc) is 2.49. The summed E-state index contributed by atoms with van der Waals surface area (Å²) in [4.78, 5) is 15.0. The number of nitrogens with two attached hydrogens (primary N) is 1. The molecule has 0 atom stereocenters. The standard InChI is InChI=1S/C18H28N4O/c1-12-4-6-13(7-5-12)21-18(23)14-10-15(19)16(20-2)11-17(14)22-8-3-9-22/h10-13,20H,3-9,19H2,1-2H3,(H,21,23)/t12-,13-. The molecule has 1 aromatic rings. The maximum absolute atomic E-state index is 12.8. The van der Waals surface area contributed by atoms with Gasteiger partial charge in [-0.3, -0.25) is 4.79 Å². The summed E-state index contributed by atoms with van der Waals surface area (Å²) in [6.45, 7) is 4.31. The summed E-state index contributed by atoms with van der Waals surface area (Å²) in [7, 11) is 1.86. The number of amides is 1. The molecule has 0 radical (unpaired) electrons. The van der Waals surface area contributed by atoms with E-state index in [1.807, 2.05) is 19.2 Å². The van der Waals surface area contributed by atoms with Crippen LogP contribution in [0.3, 0.4) is 0 Å². The van der Waals surface area contributed by atoms with Gasteiger partial charge in [-0.25, -0.2) is 0 Å². The molecule has 5 heteroatoms. The molecule has 126 valence electrons. The van der Waals surface area contributed by atoms with Gasteiger partial charge in [0.1, 0.15) is 0 Å². The Kier molecular flexibility index (Phi) is 4.64. The topological polar surface area (TPSA) is 70.4 Å². The zero-order valence-electron chi connectivity index (χ0n) is 14.2. The van der Waals surface area contributed by atoms with Crippen LogP contribution in [0.2, 0.25) is 0 Å². The van der Waals surface area contributed by atoms with E-state index < -0.39 is 0 Å². The lowest BCUT2D eigenvalue weighted by Gasteiger charge is -2.35. The van der Waals surface area contributed by atoms with E-state index in [9.17, 15) is 4.79 Å². The highest BCUT2D eigenvalue weighted by atomic mass is 16.1. The molecule has 1 saturated heterocycles. The van der Waals surface area contributed by atoms with Gasteiger partial charge < -0.3 is 21.3 Å². The van der Waals surface area contributed by atoms with E-state index in [1.165, 1.54) is 19.3 Å². The van der Waals surface area contributed by atoms with Crippen LogP contribution in [0, 0.1) is 5.92 Å². The third-order valence-electron chi connectivity index (χ3n) is 5.23. The largest absolute Gasteiger partial charge is 0.397 e. The van der Waals surface area contributed by atoms with Gasteiger partial charge in [-0.1, -0.05) is 6.92 Å². The van der Waals surface area contributed by atoms with Crippen molar-refractivity contribution in [1.82, 2.24) is 5.32 Å². The average molecular weight is 316 g/mol. The van der Waals surface area contributed by atoms with E-state index in [1.54, 1.807) is 0 Å². The van der Waals surface area contributed by atoms with Crippen molar-refractivity contribution in [2.24, 2.45) is 5.92 Å². The monoisotopic (exact) mass is 316 g/mol. The summed E-state index contributed by atoms with van der Waals surface area (Å²) in [5.41, 5.74) is 9.30. The van der Waals surface area contributed by atoms with Gasteiger partial charge in [-0.05, 0) is 50.2 Å². The van der Waals surface area contributed by atoms with Crippen molar-refractivity contribution in [3.63, 3.8) is 0 Å². The summed E-state index contributed by atoms with van der Waals surface area (Å²) >= 11 is 0. The fourth-order valence-electron chi connectivity index (χ4n) is 3.49.